The molecule has 3 N–H and O–H groups in total. The van der Waals surface area contributed by atoms with E-state index in [1.807, 2.05) is 20.8 Å². The second-order valence-corrected chi connectivity index (χ2v) is 5.42. The van der Waals surface area contributed by atoms with Gasteiger partial charge in [0.05, 0.1) is 6.10 Å². The van der Waals surface area contributed by atoms with Crippen molar-refractivity contribution in [2.45, 2.75) is 53.2 Å². The van der Waals surface area contributed by atoms with Crippen LogP contribution < -0.4 is 5.73 Å². The van der Waals surface area contributed by atoms with Crippen molar-refractivity contribution in [3.05, 3.63) is 0 Å². The van der Waals surface area contributed by atoms with Crippen LogP contribution in [-0.4, -0.2) is 16.7 Å². The first-order valence-electron chi connectivity index (χ1n) is 4.53. The number of hydrogen-bond donors (Lipinski definition) is 2. The van der Waals surface area contributed by atoms with Crippen molar-refractivity contribution in [1.29, 1.82) is 0 Å². The zero-order chi connectivity index (χ0) is 10.2. The van der Waals surface area contributed by atoms with Crippen LogP contribution >= 0.6 is 0 Å². The fourth-order valence-electron chi connectivity index (χ4n) is 1.12. The molecule has 0 aliphatic carbocycles. The minimum Gasteiger partial charge on any atom is -0.391 e. The van der Waals surface area contributed by atoms with Crippen molar-refractivity contribution in [2.24, 2.45) is 17.1 Å². The predicted octanol–water partition coefficient (Wildman–Crippen LogP) is 1.77. The van der Waals surface area contributed by atoms with Crippen molar-refractivity contribution < 1.29 is 5.11 Å². The molecular weight excluding hydrogens is 150 g/mol. The first-order valence-corrected chi connectivity index (χ1v) is 4.53. The summed E-state index contributed by atoms with van der Waals surface area (Å²) >= 11 is 0. The molecule has 0 rings (SSSR count). The summed E-state index contributed by atoms with van der Waals surface area (Å²) < 4.78 is 0. The van der Waals surface area contributed by atoms with Gasteiger partial charge >= 0.3 is 0 Å². The Hall–Kier alpha value is -0.0800. The van der Waals surface area contributed by atoms with Gasteiger partial charge in [0.15, 0.2) is 0 Å². The Morgan fingerprint density at radius 2 is 1.42 bits per heavy atom. The Balaban J connectivity index is 4.41. The van der Waals surface area contributed by atoms with Crippen LogP contribution in [0, 0.1) is 11.3 Å². The van der Waals surface area contributed by atoms with Crippen molar-refractivity contribution in [3.63, 3.8) is 0 Å². The molecule has 74 valence electrons. The normalized spacial score (nSPS) is 19.0. The average molecular weight is 173 g/mol. The average Bonchev–Trinajstić information content (AvgIpc) is 1.80. The van der Waals surface area contributed by atoms with E-state index in [1.165, 1.54) is 0 Å². The van der Waals surface area contributed by atoms with Crippen LogP contribution in [0.1, 0.15) is 41.5 Å². The lowest BCUT2D eigenvalue weighted by Crippen LogP contribution is -2.51. The number of nitrogens with two attached hydrogens (primary N) is 1. The lowest BCUT2D eigenvalue weighted by atomic mass is 9.74. The fourth-order valence-corrected chi connectivity index (χ4v) is 1.12. The van der Waals surface area contributed by atoms with Gasteiger partial charge in [-0.2, -0.15) is 0 Å². The van der Waals surface area contributed by atoms with Crippen LogP contribution in [-0.2, 0) is 0 Å². The van der Waals surface area contributed by atoms with Gasteiger partial charge in [-0.15, -0.1) is 0 Å². The molecule has 2 heteroatoms. The van der Waals surface area contributed by atoms with Crippen LogP contribution in [0.25, 0.3) is 0 Å². The van der Waals surface area contributed by atoms with Gasteiger partial charge < -0.3 is 10.8 Å². The Morgan fingerprint density at radius 3 is 1.50 bits per heavy atom. The Labute approximate surface area is 76.2 Å². The lowest BCUT2D eigenvalue weighted by Gasteiger charge is -2.38. The fraction of sp³-hybridized carbons (Fsp3) is 1.00. The van der Waals surface area contributed by atoms with E-state index in [0.29, 0.717) is 0 Å². The van der Waals surface area contributed by atoms with Gasteiger partial charge in [-0.25, -0.2) is 0 Å². The van der Waals surface area contributed by atoms with Crippen LogP contribution in [0.5, 0.6) is 0 Å². The number of hydrogen-bond acceptors (Lipinski definition) is 2. The van der Waals surface area contributed by atoms with Gasteiger partial charge in [0, 0.05) is 5.54 Å². The minimum absolute atomic E-state index is 0.107. The molecule has 0 heterocycles. The van der Waals surface area contributed by atoms with Crippen molar-refractivity contribution in [2.75, 3.05) is 0 Å². The molecule has 12 heavy (non-hydrogen) atoms. The third-order valence-electron chi connectivity index (χ3n) is 2.60. The summed E-state index contributed by atoms with van der Waals surface area (Å²) in [6, 6.07) is 0. The number of aliphatic hydroxyl groups excluding tert-OH is 1. The molecule has 0 fully saturated rings. The van der Waals surface area contributed by atoms with Gasteiger partial charge in [-0.3, -0.25) is 0 Å². The standard InChI is InChI=1S/C10H23NO/c1-7(9(2,3)4)8(12)10(5,6)11/h7-8,12H,11H2,1-6H3. The van der Waals surface area contributed by atoms with Gasteiger partial charge in [-0.05, 0) is 25.2 Å². The summed E-state index contributed by atoms with van der Waals surface area (Å²) in [6.07, 6.45) is -0.447. The largest absolute Gasteiger partial charge is 0.391 e. The van der Waals surface area contributed by atoms with Gasteiger partial charge in [-0.1, -0.05) is 27.7 Å². The first kappa shape index (κ1) is 11.9. The van der Waals surface area contributed by atoms with Crippen LogP contribution in [0.2, 0.25) is 0 Å². The molecule has 0 saturated heterocycles. The highest BCUT2D eigenvalue weighted by molar-refractivity contribution is 4.89. The summed E-state index contributed by atoms with van der Waals surface area (Å²) in [7, 11) is 0. The molecule has 2 atom stereocenters. The summed E-state index contributed by atoms with van der Waals surface area (Å²) in [5.41, 5.74) is 5.43. The van der Waals surface area contributed by atoms with Crippen LogP contribution in [0.15, 0.2) is 0 Å². The molecule has 0 aromatic heterocycles. The molecule has 0 radical (unpaired) electrons. The van der Waals surface area contributed by atoms with E-state index in [4.69, 9.17) is 5.73 Å². The maximum absolute atomic E-state index is 9.86. The summed E-state index contributed by atoms with van der Waals surface area (Å²) in [6.45, 7) is 12.1. The number of rotatable bonds is 2. The predicted molar refractivity (Wildman–Crippen MR) is 52.9 cm³/mol. The third kappa shape index (κ3) is 3.11. The van der Waals surface area contributed by atoms with E-state index in [9.17, 15) is 5.11 Å². The highest BCUT2D eigenvalue weighted by atomic mass is 16.3. The summed E-state index contributed by atoms with van der Waals surface area (Å²) in [4.78, 5) is 0. The smallest absolute Gasteiger partial charge is 0.0744 e. The molecule has 0 aromatic rings. The monoisotopic (exact) mass is 173 g/mol. The highest BCUT2D eigenvalue weighted by Gasteiger charge is 2.34. The van der Waals surface area contributed by atoms with Gasteiger partial charge in [0.25, 0.3) is 0 Å². The van der Waals surface area contributed by atoms with E-state index >= 15 is 0 Å². The Kier molecular flexibility index (Phi) is 3.32. The first-order chi connectivity index (χ1) is 5.07. The second-order valence-electron chi connectivity index (χ2n) is 5.42. The number of aliphatic hydroxyl groups is 1. The molecule has 0 aliphatic heterocycles. The van der Waals surface area contributed by atoms with Crippen molar-refractivity contribution in [1.82, 2.24) is 0 Å². The van der Waals surface area contributed by atoms with E-state index in [1.54, 1.807) is 0 Å². The molecule has 0 aromatic carbocycles. The third-order valence-corrected chi connectivity index (χ3v) is 2.60. The SMILES string of the molecule is CC(C(O)C(C)(C)N)C(C)(C)C. The summed E-state index contributed by atoms with van der Waals surface area (Å²) in [5, 5.41) is 9.86. The zero-order valence-corrected chi connectivity index (χ0v) is 9.18. The molecule has 2 unspecified atom stereocenters. The maximum Gasteiger partial charge on any atom is 0.0744 e. The Morgan fingerprint density at radius 1 is 1.08 bits per heavy atom. The molecular formula is C10H23NO. The van der Waals surface area contributed by atoms with E-state index in [-0.39, 0.29) is 11.3 Å². The van der Waals surface area contributed by atoms with E-state index in [2.05, 4.69) is 20.8 Å². The molecule has 0 amide bonds. The molecule has 2 nitrogen and oxygen atoms in total. The second kappa shape index (κ2) is 3.35. The van der Waals surface area contributed by atoms with Gasteiger partial charge in [0.1, 0.15) is 0 Å². The summed E-state index contributed by atoms with van der Waals surface area (Å²) in [5.74, 6) is 0.206. The van der Waals surface area contributed by atoms with Crippen molar-refractivity contribution >= 4 is 0 Å². The maximum atomic E-state index is 9.86. The van der Waals surface area contributed by atoms with E-state index in [0.717, 1.165) is 0 Å². The quantitative estimate of drug-likeness (QED) is 0.668. The minimum atomic E-state index is -0.507. The Bertz CT molecular complexity index is 123. The van der Waals surface area contributed by atoms with E-state index < -0.39 is 11.6 Å². The van der Waals surface area contributed by atoms with Crippen LogP contribution in [0.4, 0.5) is 0 Å². The van der Waals surface area contributed by atoms with Gasteiger partial charge in [0.2, 0.25) is 0 Å². The highest BCUT2D eigenvalue weighted by Crippen LogP contribution is 2.31. The van der Waals surface area contributed by atoms with Crippen LogP contribution in [0.3, 0.4) is 0 Å². The van der Waals surface area contributed by atoms with Crippen molar-refractivity contribution in [3.8, 4) is 0 Å². The molecule has 0 bridgehead atoms. The lowest BCUT2D eigenvalue weighted by molar-refractivity contribution is 0.00729. The molecule has 0 aliphatic rings. The molecule has 0 saturated carbocycles. The molecule has 0 spiro atoms. The zero-order valence-electron chi connectivity index (χ0n) is 9.18. The topological polar surface area (TPSA) is 46.2 Å².